The maximum absolute atomic E-state index is 9.79. The van der Waals surface area contributed by atoms with Gasteiger partial charge in [-0.25, -0.2) is 0 Å². The maximum Gasteiger partial charge on any atom is 0.0628 e. The number of hydrogen-bond acceptors (Lipinski definition) is 3. The number of benzene rings is 1. The van der Waals surface area contributed by atoms with Crippen LogP contribution < -0.4 is 5.32 Å². The summed E-state index contributed by atoms with van der Waals surface area (Å²) in [4.78, 5) is 2.39. The van der Waals surface area contributed by atoms with Crippen molar-refractivity contribution in [3.05, 3.63) is 34.4 Å². The van der Waals surface area contributed by atoms with Crippen LogP contribution in [0.5, 0.6) is 0 Å². The van der Waals surface area contributed by atoms with E-state index < -0.39 is 0 Å². The average molecular weight is 248 g/mol. The molecule has 1 aromatic rings. The van der Waals surface area contributed by atoms with Gasteiger partial charge in [-0.3, -0.25) is 4.90 Å². The van der Waals surface area contributed by atoms with Crippen LogP contribution in [0.4, 0.5) is 0 Å². The van der Waals surface area contributed by atoms with Crippen LogP contribution in [-0.4, -0.2) is 42.8 Å². The van der Waals surface area contributed by atoms with Gasteiger partial charge in [-0.1, -0.05) is 17.7 Å². The molecule has 1 heterocycles. The van der Waals surface area contributed by atoms with Crippen LogP contribution in [0.3, 0.4) is 0 Å². The standard InChI is InChI=1S/C15H24N2O/c1-11-8-12(2)15(13(3)9-11)14(10-18)17-6-4-16-5-7-17/h8-9,14,16,18H,4-7,10H2,1-3H3/t14-/m0/s1. The minimum absolute atomic E-state index is 0.146. The van der Waals surface area contributed by atoms with Gasteiger partial charge in [0.25, 0.3) is 0 Å². The van der Waals surface area contributed by atoms with E-state index in [9.17, 15) is 5.11 Å². The van der Waals surface area contributed by atoms with Crippen molar-refractivity contribution < 1.29 is 5.11 Å². The number of nitrogens with one attached hydrogen (secondary N) is 1. The van der Waals surface area contributed by atoms with Crippen LogP contribution in [0.15, 0.2) is 12.1 Å². The molecule has 3 heteroatoms. The van der Waals surface area contributed by atoms with E-state index in [2.05, 4.69) is 43.1 Å². The first-order valence-electron chi connectivity index (χ1n) is 6.77. The molecule has 0 aliphatic carbocycles. The second-order valence-electron chi connectivity index (χ2n) is 5.30. The Hall–Kier alpha value is -0.900. The summed E-state index contributed by atoms with van der Waals surface area (Å²) in [6.45, 7) is 10.7. The molecule has 1 aliphatic heterocycles. The fraction of sp³-hybridized carbons (Fsp3) is 0.600. The van der Waals surface area contributed by atoms with Crippen LogP contribution in [0, 0.1) is 20.8 Å². The van der Waals surface area contributed by atoms with Gasteiger partial charge in [0.15, 0.2) is 0 Å². The molecule has 18 heavy (non-hydrogen) atoms. The van der Waals surface area contributed by atoms with Crippen molar-refractivity contribution in [2.45, 2.75) is 26.8 Å². The lowest BCUT2D eigenvalue weighted by Crippen LogP contribution is -2.46. The van der Waals surface area contributed by atoms with Crippen molar-refractivity contribution in [2.24, 2.45) is 0 Å². The molecule has 0 radical (unpaired) electrons. The van der Waals surface area contributed by atoms with Gasteiger partial charge in [0.05, 0.1) is 12.6 Å². The van der Waals surface area contributed by atoms with Crippen molar-refractivity contribution in [2.75, 3.05) is 32.8 Å². The van der Waals surface area contributed by atoms with Gasteiger partial charge in [0.2, 0.25) is 0 Å². The molecule has 1 aliphatic rings. The predicted octanol–water partition coefficient (Wildman–Crippen LogP) is 1.55. The molecule has 0 spiro atoms. The molecular formula is C15H24N2O. The second-order valence-corrected chi connectivity index (χ2v) is 5.30. The Morgan fingerprint density at radius 1 is 1.17 bits per heavy atom. The molecule has 2 N–H and O–H groups in total. The molecule has 100 valence electrons. The third kappa shape index (κ3) is 2.74. The average Bonchev–Trinajstić information content (AvgIpc) is 2.34. The second kappa shape index (κ2) is 5.83. The summed E-state index contributed by atoms with van der Waals surface area (Å²) in [7, 11) is 0. The normalized spacial score (nSPS) is 18.9. The van der Waals surface area contributed by atoms with Crippen LogP contribution in [-0.2, 0) is 0 Å². The number of piperazine rings is 1. The van der Waals surface area contributed by atoms with E-state index in [1.54, 1.807) is 0 Å². The van der Waals surface area contributed by atoms with Gasteiger partial charge in [-0.05, 0) is 37.5 Å². The van der Waals surface area contributed by atoms with E-state index in [1.807, 2.05) is 0 Å². The Labute approximate surface area is 110 Å². The Morgan fingerprint density at radius 3 is 2.22 bits per heavy atom. The molecule has 1 aromatic carbocycles. The summed E-state index contributed by atoms with van der Waals surface area (Å²) in [5.41, 5.74) is 5.20. The molecule has 1 saturated heterocycles. The maximum atomic E-state index is 9.79. The quantitative estimate of drug-likeness (QED) is 0.852. The van der Waals surface area contributed by atoms with E-state index in [0.717, 1.165) is 26.2 Å². The number of aliphatic hydroxyl groups excluding tert-OH is 1. The highest BCUT2D eigenvalue weighted by molar-refractivity contribution is 5.39. The number of aliphatic hydroxyl groups is 1. The third-order valence-electron chi connectivity index (χ3n) is 3.84. The third-order valence-corrected chi connectivity index (χ3v) is 3.84. The Kier molecular flexibility index (Phi) is 4.38. The summed E-state index contributed by atoms with van der Waals surface area (Å²) in [6.07, 6.45) is 0. The molecule has 3 nitrogen and oxygen atoms in total. The first kappa shape index (κ1) is 13.5. The predicted molar refractivity (Wildman–Crippen MR) is 74.9 cm³/mol. The van der Waals surface area contributed by atoms with Crippen LogP contribution in [0.2, 0.25) is 0 Å². The highest BCUT2D eigenvalue weighted by Crippen LogP contribution is 2.28. The topological polar surface area (TPSA) is 35.5 Å². The SMILES string of the molecule is Cc1cc(C)c([C@H](CO)N2CCNCC2)c(C)c1. The monoisotopic (exact) mass is 248 g/mol. The molecule has 0 amide bonds. The molecule has 1 atom stereocenters. The highest BCUT2D eigenvalue weighted by Gasteiger charge is 2.24. The molecular weight excluding hydrogens is 224 g/mol. The van der Waals surface area contributed by atoms with Crippen LogP contribution in [0.25, 0.3) is 0 Å². The summed E-state index contributed by atoms with van der Waals surface area (Å²) >= 11 is 0. The highest BCUT2D eigenvalue weighted by atomic mass is 16.3. The van der Waals surface area contributed by atoms with E-state index in [1.165, 1.54) is 22.3 Å². The molecule has 2 rings (SSSR count). The summed E-state index contributed by atoms with van der Waals surface area (Å²) in [6, 6.07) is 4.58. The Morgan fingerprint density at radius 2 is 1.72 bits per heavy atom. The van der Waals surface area contributed by atoms with Crippen molar-refractivity contribution in [3.8, 4) is 0 Å². The minimum Gasteiger partial charge on any atom is -0.394 e. The summed E-state index contributed by atoms with van der Waals surface area (Å²) in [5, 5.41) is 13.1. The largest absolute Gasteiger partial charge is 0.394 e. The van der Waals surface area contributed by atoms with Gasteiger partial charge in [-0.15, -0.1) is 0 Å². The lowest BCUT2D eigenvalue weighted by molar-refractivity contribution is 0.110. The van der Waals surface area contributed by atoms with Crippen LogP contribution >= 0.6 is 0 Å². The van der Waals surface area contributed by atoms with Crippen molar-refractivity contribution in [3.63, 3.8) is 0 Å². The van der Waals surface area contributed by atoms with Crippen molar-refractivity contribution >= 4 is 0 Å². The van der Waals surface area contributed by atoms with Gasteiger partial charge in [0.1, 0.15) is 0 Å². The van der Waals surface area contributed by atoms with Gasteiger partial charge >= 0.3 is 0 Å². The number of aryl methyl sites for hydroxylation is 3. The Balaban J connectivity index is 2.32. The first-order chi connectivity index (χ1) is 8.63. The van der Waals surface area contributed by atoms with Gasteiger partial charge < -0.3 is 10.4 Å². The zero-order valence-corrected chi connectivity index (χ0v) is 11.7. The zero-order valence-electron chi connectivity index (χ0n) is 11.7. The van der Waals surface area contributed by atoms with E-state index >= 15 is 0 Å². The van der Waals surface area contributed by atoms with Crippen molar-refractivity contribution in [1.29, 1.82) is 0 Å². The van der Waals surface area contributed by atoms with Gasteiger partial charge in [-0.2, -0.15) is 0 Å². The molecule has 0 unspecified atom stereocenters. The number of hydrogen-bond donors (Lipinski definition) is 2. The molecule has 0 bridgehead atoms. The van der Waals surface area contributed by atoms with Gasteiger partial charge in [0, 0.05) is 26.2 Å². The lowest BCUT2D eigenvalue weighted by Gasteiger charge is -2.35. The van der Waals surface area contributed by atoms with E-state index in [-0.39, 0.29) is 12.6 Å². The summed E-state index contributed by atoms with van der Waals surface area (Å²) in [5.74, 6) is 0. The molecule has 1 fully saturated rings. The molecule has 0 aromatic heterocycles. The summed E-state index contributed by atoms with van der Waals surface area (Å²) < 4.78 is 0. The zero-order chi connectivity index (χ0) is 13.1. The number of nitrogens with zero attached hydrogens (tertiary/aromatic N) is 1. The Bertz CT molecular complexity index is 388. The van der Waals surface area contributed by atoms with E-state index in [4.69, 9.17) is 0 Å². The fourth-order valence-corrected chi connectivity index (χ4v) is 3.10. The van der Waals surface area contributed by atoms with Crippen molar-refractivity contribution in [1.82, 2.24) is 10.2 Å². The van der Waals surface area contributed by atoms with Crippen LogP contribution in [0.1, 0.15) is 28.3 Å². The molecule has 0 saturated carbocycles. The fourth-order valence-electron chi connectivity index (χ4n) is 3.10. The minimum atomic E-state index is 0.146. The lowest BCUT2D eigenvalue weighted by atomic mass is 9.93. The smallest absolute Gasteiger partial charge is 0.0628 e. The first-order valence-corrected chi connectivity index (χ1v) is 6.77. The van der Waals surface area contributed by atoms with E-state index in [0.29, 0.717) is 0 Å². The number of rotatable bonds is 3.